The number of nitrogens with zero attached hydrogens (tertiary/aromatic N) is 3. The zero-order valence-corrected chi connectivity index (χ0v) is 19.9. The van der Waals surface area contributed by atoms with E-state index < -0.39 is 0 Å². The summed E-state index contributed by atoms with van der Waals surface area (Å²) in [5.41, 5.74) is 0.715. The number of hydrogen-bond acceptors (Lipinski definition) is 8. The number of aromatic nitrogens is 1. The first-order valence-corrected chi connectivity index (χ1v) is 12.3. The van der Waals surface area contributed by atoms with Crippen molar-refractivity contribution in [1.29, 1.82) is 0 Å². The Morgan fingerprint density at radius 1 is 1.12 bits per heavy atom. The SMILES string of the molecule is COc1ccc(OC)c2sc(N(CCN3CCOCC3)C(=O)CSc3ccccc3)nc12. The number of morpholine rings is 1. The Morgan fingerprint density at radius 2 is 1.84 bits per heavy atom. The van der Waals surface area contributed by atoms with Gasteiger partial charge in [-0.05, 0) is 24.3 Å². The van der Waals surface area contributed by atoms with Crippen LogP contribution in [0.4, 0.5) is 5.13 Å². The predicted molar refractivity (Wildman–Crippen MR) is 130 cm³/mol. The van der Waals surface area contributed by atoms with Crippen LogP contribution in [0.15, 0.2) is 47.4 Å². The summed E-state index contributed by atoms with van der Waals surface area (Å²) in [6, 6.07) is 13.7. The normalized spacial score (nSPS) is 14.4. The summed E-state index contributed by atoms with van der Waals surface area (Å²) in [7, 11) is 3.26. The minimum atomic E-state index is 0.0316. The van der Waals surface area contributed by atoms with E-state index in [4.69, 9.17) is 19.2 Å². The molecule has 4 rings (SSSR count). The number of carbonyl (C=O) groups is 1. The second-order valence-electron chi connectivity index (χ2n) is 7.25. The minimum absolute atomic E-state index is 0.0316. The third-order valence-electron chi connectivity index (χ3n) is 5.28. The number of benzene rings is 2. The van der Waals surface area contributed by atoms with Gasteiger partial charge in [0.25, 0.3) is 0 Å². The van der Waals surface area contributed by atoms with E-state index in [9.17, 15) is 4.79 Å². The predicted octanol–water partition coefficient (Wildman–Crippen LogP) is 3.77. The van der Waals surface area contributed by atoms with Gasteiger partial charge in [-0.25, -0.2) is 4.98 Å². The lowest BCUT2D eigenvalue weighted by molar-refractivity contribution is -0.116. The Bertz CT molecular complexity index is 997. The van der Waals surface area contributed by atoms with Crippen LogP contribution in [0.3, 0.4) is 0 Å². The van der Waals surface area contributed by atoms with E-state index in [0.717, 1.165) is 48.2 Å². The van der Waals surface area contributed by atoms with Crippen LogP contribution in [0.2, 0.25) is 0 Å². The van der Waals surface area contributed by atoms with Crippen molar-refractivity contribution in [3.8, 4) is 11.5 Å². The second-order valence-corrected chi connectivity index (χ2v) is 9.27. The molecule has 7 nitrogen and oxygen atoms in total. The molecule has 1 fully saturated rings. The number of hydrogen-bond donors (Lipinski definition) is 0. The zero-order valence-electron chi connectivity index (χ0n) is 18.3. The molecular formula is C23H27N3O4S2. The largest absolute Gasteiger partial charge is 0.495 e. The van der Waals surface area contributed by atoms with Gasteiger partial charge < -0.3 is 14.2 Å². The molecule has 0 unspecified atom stereocenters. The molecule has 170 valence electrons. The molecule has 2 heterocycles. The van der Waals surface area contributed by atoms with Crippen LogP contribution in [0.1, 0.15) is 0 Å². The molecule has 0 bridgehead atoms. The molecule has 1 aliphatic heterocycles. The first-order valence-electron chi connectivity index (χ1n) is 10.5. The highest BCUT2D eigenvalue weighted by Gasteiger charge is 2.24. The molecule has 1 aromatic heterocycles. The Balaban J connectivity index is 1.59. The van der Waals surface area contributed by atoms with E-state index in [-0.39, 0.29) is 5.91 Å². The van der Waals surface area contributed by atoms with Gasteiger partial charge in [0, 0.05) is 31.1 Å². The first kappa shape index (κ1) is 22.8. The van der Waals surface area contributed by atoms with Gasteiger partial charge in [-0.15, -0.1) is 11.8 Å². The molecule has 0 spiro atoms. The van der Waals surface area contributed by atoms with Crippen molar-refractivity contribution in [3.63, 3.8) is 0 Å². The van der Waals surface area contributed by atoms with Gasteiger partial charge in [0.2, 0.25) is 5.91 Å². The first-order chi connectivity index (χ1) is 15.7. The van der Waals surface area contributed by atoms with Gasteiger partial charge >= 0.3 is 0 Å². The molecule has 0 radical (unpaired) electrons. The van der Waals surface area contributed by atoms with E-state index in [1.54, 1.807) is 19.1 Å². The lowest BCUT2D eigenvalue weighted by atomic mass is 10.3. The number of ether oxygens (including phenoxy) is 3. The molecule has 1 amide bonds. The van der Waals surface area contributed by atoms with Crippen LogP contribution < -0.4 is 14.4 Å². The highest BCUT2D eigenvalue weighted by Crippen LogP contribution is 2.40. The van der Waals surface area contributed by atoms with Gasteiger partial charge in [-0.2, -0.15) is 0 Å². The average Bonchev–Trinajstić information content (AvgIpc) is 3.28. The summed E-state index contributed by atoms with van der Waals surface area (Å²) < 4.78 is 17.4. The van der Waals surface area contributed by atoms with Crippen molar-refractivity contribution in [3.05, 3.63) is 42.5 Å². The maximum atomic E-state index is 13.3. The van der Waals surface area contributed by atoms with Gasteiger partial charge in [0.05, 0.1) is 33.2 Å². The third-order valence-corrected chi connectivity index (χ3v) is 7.37. The van der Waals surface area contributed by atoms with Crippen LogP contribution in [-0.4, -0.2) is 75.2 Å². The van der Waals surface area contributed by atoms with Crippen LogP contribution in [-0.2, 0) is 9.53 Å². The third kappa shape index (κ3) is 5.35. The second kappa shape index (κ2) is 11.0. The summed E-state index contributed by atoms with van der Waals surface area (Å²) in [4.78, 5) is 23.3. The fraction of sp³-hybridized carbons (Fsp3) is 0.391. The van der Waals surface area contributed by atoms with Crippen molar-refractivity contribution in [2.45, 2.75) is 4.90 Å². The fourth-order valence-electron chi connectivity index (χ4n) is 3.52. The Hall–Kier alpha value is -2.33. The number of carbonyl (C=O) groups excluding carboxylic acids is 1. The zero-order chi connectivity index (χ0) is 22.3. The number of methoxy groups -OCH3 is 2. The van der Waals surface area contributed by atoms with Crippen LogP contribution in [0, 0.1) is 0 Å². The number of rotatable bonds is 9. The summed E-state index contributed by atoms with van der Waals surface area (Å²) in [5, 5.41) is 0.662. The smallest absolute Gasteiger partial charge is 0.239 e. The van der Waals surface area contributed by atoms with Crippen molar-refractivity contribution < 1.29 is 19.0 Å². The summed E-state index contributed by atoms with van der Waals surface area (Å²) in [6.45, 7) is 4.55. The van der Waals surface area contributed by atoms with E-state index in [0.29, 0.717) is 28.7 Å². The lowest BCUT2D eigenvalue weighted by Crippen LogP contribution is -2.43. The molecule has 0 N–H and O–H groups in total. The molecule has 2 aromatic carbocycles. The maximum absolute atomic E-state index is 13.3. The van der Waals surface area contributed by atoms with Gasteiger partial charge in [-0.1, -0.05) is 29.5 Å². The average molecular weight is 474 g/mol. The molecule has 3 aromatic rings. The summed E-state index contributed by atoms with van der Waals surface area (Å²) in [6.07, 6.45) is 0. The van der Waals surface area contributed by atoms with Crippen molar-refractivity contribution >= 4 is 44.4 Å². The Morgan fingerprint density at radius 3 is 2.56 bits per heavy atom. The maximum Gasteiger partial charge on any atom is 0.239 e. The van der Waals surface area contributed by atoms with Crippen LogP contribution in [0.5, 0.6) is 11.5 Å². The molecule has 0 aliphatic carbocycles. The fourth-order valence-corrected chi connectivity index (χ4v) is 5.44. The van der Waals surface area contributed by atoms with Gasteiger partial charge in [0.1, 0.15) is 21.7 Å². The van der Waals surface area contributed by atoms with E-state index >= 15 is 0 Å². The van der Waals surface area contributed by atoms with Crippen LogP contribution in [0.25, 0.3) is 10.2 Å². The Kier molecular flexibility index (Phi) is 7.85. The molecule has 9 heteroatoms. The van der Waals surface area contributed by atoms with Gasteiger partial charge in [-0.3, -0.25) is 14.6 Å². The number of thioether (sulfide) groups is 1. The quantitative estimate of drug-likeness (QED) is 0.438. The van der Waals surface area contributed by atoms with E-state index in [2.05, 4.69) is 4.90 Å². The molecular weight excluding hydrogens is 446 g/mol. The highest BCUT2D eigenvalue weighted by molar-refractivity contribution is 8.00. The van der Waals surface area contributed by atoms with Crippen molar-refractivity contribution in [1.82, 2.24) is 9.88 Å². The van der Waals surface area contributed by atoms with Crippen molar-refractivity contribution in [2.24, 2.45) is 0 Å². The van der Waals surface area contributed by atoms with Crippen LogP contribution >= 0.6 is 23.1 Å². The van der Waals surface area contributed by atoms with Crippen molar-refractivity contribution in [2.75, 3.05) is 64.3 Å². The number of amides is 1. The number of anilines is 1. The summed E-state index contributed by atoms with van der Waals surface area (Å²) >= 11 is 3.00. The highest BCUT2D eigenvalue weighted by atomic mass is 32.2. The van der Waals surface area contributed by atoms with E-state index in [1.807, 2.05) is 42.5 Å². The monoisotopic (exact) mass is 473 g/mol. The molecule has 1 saturated heterocycles. The number of fused-ring (bicyclic) bond motifs is 1. The van der Waals surface area contributed by atoms with Gasteiger partial charge in [0.15, 0.2) is 5.13 Å². The number of thiazole rings is 1. The molecule has 32 heavy (non-hydrogen) atoms. The molecule has 1 aliphatic rings. The topological polar surface area (TPSA) is 64.1 Å². The molecule has 0 saturated carbocycles. The summed E-state index contributed by atoms with van der Waals surface area (Å²) in [5.74, 6) is 1.77. The van der Waals surface area contributed by atoms with E-state index in [1.165, 1.54) is 23.1 Å². The molecule has 0 atom stereocenters. The standard InChI is InChI=1S/C23H27N3O4S2/c1-28-18-8-9-19(29-2)22-21(18)24-23(32-22)26(11-10-25-12-14-30-15-13-25)20(27)16-31-17-6-4-3-5-7-17/h3-9H,10-16H2,1-2H3. The minimum Gasteiger partial charge on any atom is -0.495 e. The lowest BCUT2D eigenvalue weighted by Gasteiger charge is -2.29. The Labute approximate surface area is 196 Å².